The van der Waals surface area contributed by atoms with Crippen LogP contribution in [-0.2, 0) is 15.1 Å². The Hall–Kier alpha value is -1.74. The molecule has 8 heteroatoms. The zero-order valence-electron chi connectivity index (χ0n) is 22.2. The van der Waals surface area contributed by atoms with Crippen molar-refractivity contribution in [2.75, 3.05) is 26.2 Å². The van der Waals surface area contributed by atoms with Crippen molar-refractivity contribution >= 4 is 22.3 Å². The van der Waals surface area contributed by atoms with Crippen LogP contribution >= 0.6 is 0 Å². The molecule has 35 heavy (non-hydrogen) atoms. The second-order valence-electron chi connectivity index (χ2n) is 9.55. The predicted molar refractivity (Wildman–Crippen MR) is 145 cm³/mol. The van der Waals surface area contributed by atoms with E-state index < -0.39 is 28.3 Å². The summed E-state index contributed by atoms with van der Waals surface area (Å²) in [6, 6.07) is 7.36. The number of quaternary nitrogens is 1. The number of hydrogen-bond donors (Lipinski definition) is 2. The van der Waals surface area contributed by atoms with E-state index in [1.807, 2.05) is 30.3 Å². The molecule has 0 aromatic heterocycles. The Kier molecular flexibility index (Phi) is 14.4. The van der Waals surface area contributed by atoms with Crippen LogP contribution in [-0.4, -0.2) is 65.9 Å². The molecule has 0 radical (unpaired) electrons. The van der Waals surface area contributed by atoms with Crippen LogP contribution in [0.4, 0.5) is 0 Å². The zero-order valence-corrected chi connectivity index (χ0v) is 23.0. The van der Waals surface area contributed by atoms with E-state index in [9.17, 15) is 13.2 Å². The molecular formula is C27H48N3O4S+. The first-order valence-corrected chi connectivity index (χ1v) is 14.7. The molecule has 1 aliphatic heterocycles. The molecule has 0 bridgehead atoms. The lowest BCUT2D eigenvalue weighted by Crippen LogP contribution is -2.69. The Bertz CT molecular complexity index is 821. The Balaban J connectivity index is 0.000000351. The highest BCUT2D eigenvalue weighted by molar-refractivity contribution is 7.84. The third kappa shape index (κ3) is 10.4. The third-order valence-corrected chi connectivity index (χ3v) is 7.54. The van der Waals surface area contributed by atoms with Gasteiger partial charge in [0, 0.05) is 0 Å². The lowest BCUT2D eigenvalue weighted by Gasteiger charge is -2.40. The normalized spacial score (nSPS) is 18.3. The molecule has 200 valence electrons. The Labute approximate surface area is 213 Å². The minimum atomic E-state index is -4.55. The van der Waals surface area contributed by atoms with Crippen LogP contribution in [0, 0.1) is 0 Å². The van der Waals surface area contributed by atoms with Crippen molar-refractivity contribution in [2.45, 2.75) is 91.1 Å². The number of carbonyl (C=O) groups excluding carboxylic acids is 1. The SMILES string of the molecule is CCCC[N+](CCCC)(CCCC)CCCC.NC1C(=O)N(S(=O)(=O)O)C1/C=C\c1ccccc1. The van der Waals surface area contributed by atoms with Gasteiger partial charge in [-0.05, 0) is 31.2 Å². The molecule has 2 atom stereocenters. The van der Waals surface area contributed by atoms with E-state index in [2.05, 4.69) is 27.7 Å². The minimum Gasteiger partial charge on any atom is -0.324 e. The van der Waals surface area contributed by atoms with Gasteiger partial charge >= 0.3 is 10.3 Å². The molecule has 2 unspecified atom stereocenters. The van der Waals surface area contributed by atoms with Crippen LogP contribution < -0.4 is 5.73 Å². The van der Waals surface area contributed by atoms with Gasteiger partial charge in [-0.3, -0.25) is 9.35 Å². The minimum absolute atomic E-state index is 0.372. The van der Waals surface area contributed by atoms with Gasteiger partial charge in [0.2, 0.25) is 0 Å². The summed E-state index contributed by atoms with van der Waals surface area (Å²) in [6.45, 7) is 15.0. The van der Waals surface area contributed by atoms with E-state index in [4.69, 9.17) is 10.3 Å². The third-order valence-electron chi connectivity index (χ3n) is 6.62. The monoisotopic (exact) mass is 510 g/mol. The fourth-order valence-corrected chi connectivity index (χ4v) is 5.25. The quantitative estimate of drug-likeness (QED) is 0.195. The van der Waals surface area contributed by atoms with Gasteiger partial charge in [0.05, 0.1) is 32.2 Å². The molecule has 0 saturated carbocycles. The van der Waals surface area contributed by atoms with Gasteiger partial charge in [-0.15, -0.1) is 0 Å². The van der Waals surface area contributed by atoms with E-state index in [0.717, 1.165) is 5.56 Å². The number of nitrogens with two attached hydrogens (primary N) is 1. The van der Waals surface area contributed by atoms with E-state index in [-0.39, 0.29) is 0 Å². The van der Waals surface area contributed by atoms with Crippen molar-refractivity contribution in [1.82, 2.24) is 4.31 Å². The topological polar surface area (TPSA) is 101 Å². The Morgan fingerprint density at radius 1 is 0.886 bits per heavy atom. The average Bonchev–Trinajstić information content (AvgIpc) is 2.85. The number of carbonyl (C=O) groups is 1. The van der Waals surface area contributed by atoms with Gasteiger partial charge in [0.25, 0.3) is 5.91 Å². The molecule has 0 aliphatic carbocycles. The molecule has 0 spiro atoms. The molecule has 1 aromatic rings. The van der Waals surface area contributed by atoms with Crippen LogP contribution in [0.25, 0.3) is 6.08 Å². The second kappa shape index (κ2) is 16.1. The first-order chi connectivity index (χ1) is 16.7. The summed E-state index contributed by atoms with van der Waals surface area (Å²) >= 11 is 0. The molecule has 1 fully saturated rings. The van der Waals surface area contributed by atoms with Gasteiger partial charge in [-0.1, -0.05) is 95.9 Å². The van der Waals surface area contributed by atoms with Crippen LogP contribution in [0.5, 0.6) is 0 Å². The molecule has 7 nitrogen and oxygen atoms in total. The summed E-state index contributed by atoms with van der Waals surface area (Å²) in [5, 5.41) is 0. The Morgan fingerprint density at radius 2 is 1.31 bits per heavy atom. The largest absolute Gasteiger partial charge is 0.362 e. The smallest absolute Gasteiger partial charge is 0.324 e. The number of rotatable bonds is 15. The molecule has 3 N–H and O–H groups in total. The molecular weight excluding hydrogens is 462 g/mol. The summed E-state index contributed by atoms with van der Waals surface area (Å²) in [7, 11) is -4.55. The number of nitrogens with zero attached hydrogens (tertiary/aromatic N) is 2. The number of hydrogen-bond acceptors (Lipinski definition) is 4. The van der Waals surface area contributed by atoms with Gasteiger partial charge < -0.3 is 10.2 Å². The standard InChI is InChI=1S/C16H36N.C11H12N2O4S/c1-5-9-13-17(14-10-6-2,15-11-7-3)16-12-8-4;12-10-9(13(11(10)14)18(15,16)17)7-6-8-4-2-1-3-5-8/h5-16H2,1-4H3;1-7,9-10H,12H2,(H,15,16,17)/q+1;/b;7-6-. The van der Waals surface area contributed by atoms with Crippen molar-refractivity contribution in [3.05, 3.63) is 42.0 Å². The Morgan fingerprint density at radius 3 is 1.69 bits per heavy atom. The fraction of sp³-hybridized carbons (Fsp3) is 0.667. The van der Waals surface area contributed by atoms with Gasteiger partial charge in [0.1, 0.15) is 6.04 Å². The number of unbranched alkanes of at least 4 members (excludes halogenated alkanes) is 4. The summed E-state index contributed by atoms with van der Waals surface area (Å²) < 4.78 is 32.6. The molecule has 1 aromatic carbocycles. The van der Waals surface area contributed by atoms with E-state index >= 15 is 0 Å². The molecule has 2 rings (SSSR count). The maximum absolute atomic E-state index is 11.3. The molecule has 1 amide bonds. The summed E-state index contributed by atoms with van der Waals surface area (Å²) in [6.07, 6.45) is 14.2. The summed E-state index contributed by atoms with van der Waals surface area (Å²) in [4.78, 5) is 11.3. The van der Waals surface area contributed by atoms with Crippen LogP contribution in [0.2, 0.25) is 0 Å². The van der Waals surface area contributed by atoms with Crippen molar-refractivity contribution in [2.24, 2.45) is 5.73 Å². The summed E-state index contributed by atoms with van der Waals surface area (Å²) in [5.74, 6) is -0.805. The van der Waals surface area contributed by atoms with Gasteiger partial charge in [-0.25, -0.2) is 4.31 Å². The van der Waals surface area contributed by atoms with Crippen LogP contribution in [0.1, 0.15) is 84.6 Å². The van der Waals surface area contributed by atoms with E-state index in [0.29, 0.717) is 4.31 Å². The maximum Gasteiger partial charge on any atom is 0.362 e. The highest BCUT2D eigenvalue weighted by Crippen LogP contribution is 2.23. The second-order valence-corrected chi connectivity index (χ2v) is 10.8. The number of benzene rings is 1. The van der Waals surface area contributed by atoms with Crippen molar-refractivity contribution in [3.63, 3.8) is 0 Å². The first-order valence-electron chi connectivity index (χ1n) is 13.3. The fourth-order valence-electron chi connectivity index (χ4n) is 4.39. The van der Waals surface area contributed by atoms with Crippen molar-refractivity contribution < 1.29 is 22.2 Å². The van der Waals surface area contributed by atoms with Crippen molar-refractivity contribution in [1.29, 1.82) is 0 Å². The van der Waals surface area contributed by atoms with Gasteiger partial charge in [0.15, 0.2) is 0 Å². The van der Waals surface area contributed by atoms with Crippen LogP contribution in [0.3, 0.4) is 0 Å². The van der Waals surface area contributed by atoms with Gasteiger partial charge in [-0.2, -0.15) is 8.42 Å². The van der Waals surface area contributed by atoms with E-state index in [1.54, 1.807) is 6.08 Å². The van der Waals surface area contributed by atoms with E-state index in [1.165, 1.54) is 88.1 Å². The lowest BCUT2D eigenvalue weighted by molar-refractivity contribution is -0.929. The zero-order chi connectivity index (χ0) is 26.3. The highest BCUT2D eigenvalue weighted by Gasteiger charge is 2.49. The van der Waals surface area contributed by atoms with Crippen LogP contribution in [0.15, 0.2) is 36.4 Å². The molecule has 1 aliphatic rings. The lowest BCUT2D eigenvalue weighted by atomic mass is 9.99. The first kappa shape index (κ1) is 31.3. The molecule has 1 heterocycles. The average molecular weight is 511 g/mol. The molecule has 1 saturated heterocycles. The predicted octanol–water partition coefficient (Wildman–Crippen LogP) is 5.04. The highest BCUT2D eigenvalue weighted by atomic mass is 32.2. The number of amides is 1. The maximum atomic E-state index is 11.3. The number of β-lactam (4-membered cyclic amide) rings is 1. The summed E-state index contributed by atoms with van der Waals surface area (Å²) in [5.41, 5.74) is 6.35. The van der Waals surface area contributed by atoms with Crippen molar-refractivity contribution in [3.8, 4) is 0 Å².